The van der Waals surface area contributed by atoms with Gasteiger partial charge in [-0.3, -0.25) is 4.99 Å². The molecule has 0 amide bonds. The number of morpholine rings is 1. The van der Waals surface area contributed by atoms with E-state index in [4.69, 9.17) is 21.1 Å². The molecule has 0 spiro atoms. The maximum absolute atomic E-state index is 10.2. The largest absolute Gasteiger partial charge is 0.504 e. The zero-order valence-electron chi connectivity index (χ0n) is 13.4. The van der Waals surface area contributed by atoms with Crippen LogP contribution in [0.1, 0.15) is 5.56 Å². The highest BCUT2D eigenvalue weighted by atomic mass is 35.5. The van der Waals surface area contributed by atoms with Crippen molar-refractivity contribution >= 4 is 29.2 Å². The lowest BCUT2D eigenvalue weighted by Gasteiger charge is -2.29. The highest BCUT2D eigenvalue weighted by molar-refractivity contribution is 6.31. The number of rotatable bonds is 4. The average Bonchev–Trinajstić information content (AvgIpc) is 2.63. The molecule has 0 atom stereocenters. The summed E-state index contributed by atoms with van der Waals surface area (Å²) in [5.74, 6) is 0.347. The normalized spacial score (nSPS) is 15.0. The number of methoxy groups -OCH3 is 1. The van der Waals surface area contributed by atoms with Gasteiger partial charge in [-0.1, -0.05) is 23.7 Å². The summed E-state index contributed by atoms with van der Waals surface area (Å²) in [4.78, 5) is 6.79. The number of ether oxygens (including phenoxy) is 2. The third-order valence-electron chi connectivity index (χ3n) is 3.87. The van der Waals surface area contributed by atoms with E-state index in [0.717, 1.165) is 24.5 Å². The monoisotopic (exact) mass is 346 g/mol. The molecule has 5 nitrogen and oxygen atoms in total. The summed E-state index contributed by atoms with van der Waals surface area (Å²) in [5.41, 5.74) is 2.39. The third-order valence-corrected chi connectivity index (χ3v) is 4.08. The van der Waals surface area contributed by atoms with E-state index in [0.29, 0.717) is 29.5 Å². The Kier molecular flexibility index (Phi) is 5.23. The lowest BCUT2D eigenvalue weighted by molar-refractivity contribution is 0.123. The molecule has 0 saturated carbocycles. The molecule has 2 aromatic carbocycles. The van der Waals surface area contributed by atoms with Gasteiger partial charge in [-0.25, -0.2) is 0 Å². The first-order chi connectivity index (χ1) is 11.7. The summed E-state index contributed by atoms with van der Waals surface area (Å²) in [6, 6.07) is 11.1. The zero-order chi connectivity index (χ0) is 16.9. The van der Waals surface area contributed by atoms with Gasteiger partial charge in [0.1, 0.15) is 0 Å². The zero-order valence-corrected chi connectivity index (χ0v) is 14.2. The lowest BCUT2D eigenvalue weighted by Crippen LogP contribution is -2.36. The van der Waals surface area contributed by atoms with Crippen molar-refractivity contribution < 1.29 is 14.6 Å². The quantitative estimate of drug-likeness (QED) is 0.859. The summed E-state index contributed by atoms with van der Waals surface area (Å²) < 4.78 is 10.5. The molecule has 0 aliphatic carbocycles. The van der Waals surface area contributed by atoms with Crippen molar-refractivity contribution in [3.63, 3.8) is 0 Å². The Bertz CT molecular complexity index is 743. The van der Waals surface area contributed by atoms with Gasteiger partial charge in [0.25, 0.3) is 0 Å². The summed E-state index contributed by atoms with van der Waals surface area (Å²) >= 11 is 6.06. The number of aromatic hydroxyl groups is 1. The van der Waals surface area contributed by atoms with Gasteiger partial charge < -0.3 is 19.5 Å². The van der Waals surface area contributed by atoms with Crippen LogP contribution in [0, 0.1) is 0 Å². The predicted octanol–water partition coefficient (Wildman–Crippen LogP) is 3.64. The molecular weight excluding hydrogens is 328 g/mol. The van der Waals surface area contributed by atoms with Gasteiger partial charge in [0.15, 0.2) is 11.5 Å². The standard InChI is InChI=1S/C18H19ClN2O3/c1-23-17-11-14(19)10-13(18(17)22)12-20-15-4-2-3-5-16(15)21-6-8-24-9-7-21/h2-5,10-12,22H,6-9H2,1H3. The summed E-state index contributed by atoms with van der Waals surface area (Å²) in [6.45, 7) is 3.10. The molecule has 0 radical (unpaired) electrons. The van der Waals surface area contributed by atoms with Gasteiger partial charge in [-0.05, 0) is 18.2 Å². The van der Waals surface area contributed by atoms with E-state index in [1.807, 2.05) is 24.3 Å². The van der Waals surface area contributed by atoms with Crippen molar-refractivity contribution in [2.75, 3.05) is 38.3 Å². The first-order valence-corrected chi connectivity index (χ1v) is 8.09. The van der Waals surface area contributed by atoms with Gasteiger partial charge >= 0.3 is 0 Å². The number of hydrogen-bond donors (Lipinski definition) is 1. The molecule has 1 heterocycles. The smallest absolute Gasteiger partial charge is 0.166 e. The van der Waals surface area contributed by atoms with E-state index in [1.165, 1.54) is 7.11 Å². The average molecular weight is 347 g/mol. The highest BCUT2D eigenvalue weighted by Gasteiger charge is 2.14. The second kappa shape index (κ2) is 7.55. The summed E-state index contributed by atoms with van der Waals surface area (Å²) in [6.07, 6.45) is 1.60. The third kappa shape index (κ3) is 3.63. The van der Waals surface area contributed by atoms with Crippen molar-refractivity contribution in [3.05, 3.63) is 47.0 Å². The van der Waals surface area contributed by atoms with E-state index in [9.17, 15) is 5.11 Å². The Morgan fingerprint density at radius 1 is 1.25 bits per heavy atom. The second-order valence-electron chi connectivity index (χ2n) is 5.39. The van der Waals surface area contributed by atoms with Gasteiger partial charge in [0, 0.05) is 36.0 Å². The highest BCUT2D eigenvalue weighted by Crippen LogP contribution is 2.34. The fraction of sp³-hybridized carbons (Fsp3) is 0.278. The molecule has 0 bridgehead atoms. The fourth-order valence-corrected chi connectivity index (χ4v) is 2.85. The molecule has 0 aromatic heterocycles. The topological polar surface area (TPSA) is 54.3 Å². The molecule has 126 valence electrons. The van der Waals surface area contributed by atoms with Crippen molar-refractivity contribution in [3.8, 4) is 11.5 Å². The van der Waals surface area contributed by atoms with Crippen LogP contribution >= 0.6 is 11.6 Å². The molecule has 6 heteroatoms. The molecule has 1 N–H and O–H groups in total. The minimum absolute atomic E-state index is 0.0227. The Morgan fingerprint density at radius 2 is 2.00 bits per heavy atom. The van der Waals surface area contributed by atoms with E-state index in [-0.39, 0.29) is 5.75 Å². The van der Waals surface area contributed by atoms with Crippen molar-refractivity contribution in [2.45, 2.75) is 0 Å². The molecule has 0 unspecified atom stereocenters. The number of phenolic OH excluding ortho intramolecular Hbond substituents is 1. The minimum atomic E-state index is 0.0227. The number of anilines is 1. The Morgan fingerprint density at radius 3 is 2.75 bits per heavy atom. The van der Waals surface area contributed by atoms with E-state index in [2.05, 4.69) is 9.89 Å². The molecular formula is C18H19ClN2O3. The second-order valence-corrected chi connectivity index (χ2v) is 5.83. The minimum Gasteiger partial charge on any atom is -0.504 e. The number of hydrogen-bond acceptors (Lipinski definition) is 5. The number of halogens is 1. The molecule has 1 aliphatic rings. The van der Waals surface area contributed by atoms with Crippen LogP contribution in [0.2, 0.25) is 5.02 Å². The Hall–Kier alpha value is -2.24. The lowest BCUT2D eigenvalue weighted by atomic mass is 10.2. The predicted molar refractivity (Wildman–Crippen MR) is 96.4 cm³/mol. The Balaban J connectivity index is 1.91. The van der Waals surface area contributed by atoms with E-state index < -0.39 is 0 Å². The molecule has 3 rings (SSSR count). The summed E-state index contributed by atoms with van der Waals surface area (Å²) in [7, 11) is 1.49. The number of para-hydroxylation sites is 2. The van der Waals surface area contributed by atoms with Crippen LogP contribution < -0.4 is 9.64 Å². The number of nitrogens with zero attached hydrogens (tertiary/aromatic N) is 2. The maximum atomic E-state index is 10.2. The number of aliphatic imine (C=N–C) groups is 1. The van der Waals surface area contributed by atoms with Gasteiger partial charge in [0.05, 0.1) is 31.7 Å². The first-order valence-electron chi connectivity index (χ1n) is 7.71. The molecule has 1 fully saturated rings. The SMILES string of the molecule is COc1cc(Cl)cc(C=Nc2ccccc2N2CCOCC2)c1O. The first kappa shape index (κ1) is 16.6. The number of benzene rings is 2. The molecule has 1 saturated heterocycles. The van der Waals surface area contributed by atoms with Crippen LogP contribution in [0.3, 0.4) is 0 Å². The molecule has 2 aromatic rings. The van der Waals surface area contributed by atoms with Crippen LogP contribution in [0.15, 0.2) is 41.4 Å². The van der Waals surface area contributed by atoms with Gasteiger partial charge in [-0.15, -0.1) is 0 Å². The van der Waals surface area contributed by atoms with Crippen LogP contribution in [0.5, 0.6) is 11.5 Å². The molecule has 24 heavy (non-hydrogen) atoms. The van der Waals surface area contributed by atoms with Crippen LogP contribution in [-0.4, -0.2) is 44.7 Å². The summed E-state index contributed by atoms with van der Waals surface area (Å²) in [5, 5.41) is 10.7. The van der Waals surface area contributed by atoms with Crippen LogP contribution in [0.25, 0.3) is 0 Å². The van der Waals surface area contributed by atoms with Crippen molar-refractivity contribution in [1.29, 1.82) is 0 Å². The Labute approximate surface area is 146 Å². The van der Waals surface area contributed by atoms with Crippen molar-refractivity contribution in [2.24, 2.45) is 4.99 Å². The maximum Gasteiger partial charge on any atom is 0.166 e. The van der Waals surface area contributed by atoms with Gasteiger partial charge in [-0.2, -0.15) is 0 Å². The fourth-order valence-electron chi connectivity index (χ4n) is 2.63. The van der Waals surface area contributed by atoms with Crippen LogP contribution in [0.4, 0.5) is 11.4 Å². The molecule has 1 aliphatic heterocycles. The van der Waals surface area contributed by atoms with E-state index >= 15 is 0 Å². The van der Waals surface area contributed by atoms with E-state index in [1.54, 1.807) is 18.3 Å². The van der Waals surface area contributed by atoms with Crippen molar-refractivity contribution in [1.82, 2.24) is 0 Å². The van der Waals surface area contributed by atoms with Crippen LogP contribution in [-0.2, 0) is 4.74 Å². The number of phenols is 1. The van der Waals surface area contributed by atoms with Gasteiger partial charge in [0.2, 0.25) is 0 Å².